The van der Waals surface area contributed by atoms with Gasteiger partial charge in [0.25, 0.3) is 0 Å². The molecule has 3 aromatic carbocycles. The number of amides is 1. The van der Waals surface area contributed by atoms with Gasteiger partial charge in [-0.15, -0.1) is 0 Å². The maximum absolute atomic E-state index is 12.6. The van der Waals surface area contributed by atoms with Crippen LogP contribution in [0.4, 0.5) is 11.4 Å². The molecule has 8 heteroatoms. The molecule has 0 saturated carbocycles. The highest BCUT2D eigenvalue weighted by Gasteiger charge is 2.15. The largest absolute Gasteiger partial charge is 0.495 e. The van der Waals surface area contributed by atoms with Crippen molar-refractivity contribution >= 4 is 29.0 Å². The van der Waals surface area contributed by atoms with Gasteiger partial charge in [-0.1, -0.05) is 59.8 Å². The van der Waals surface area contributed by atoms with Gasteiger partial charge in [0.2, 0.25) is 5.91 Å². The number of unbranched alkanes of at least 4 members (excludes halogenated alkanes) is 1. The molecule has 0 aliphatic carbocycles. The Bertz CT molecular complexity index is 1320. The maximum Gasteiger partial charge on any atom is 0.230 e. The molecule has 204 valence electrons. The fourth-order valence-corrected chi connectivity index (χ4v) is 5.08. The summed E-state index contributed by atoms with van der Waals surface area (Å²) in [5, 5.41) is 7.31. The van der Waals surface area contributed by atoms with Gasteiger partial charge in [-0.05, 0) is 56.2 Å². The summed E-state index contributed by atoms with van der Waals surface area (Å²) in [4.78, 5) is 19.5. The second kappa shape index (κ2) is 14.3. The monoisotopic (exact) mass is 543 g/mol. The molecule has 2 N–H and O–H groups in total. The van der Waals surface area contributed by atoms with Crippen LogP contribution in [-0.4, -0.2) is 48.5 Å². The number of hydrogen-bond donors (Lipinski definition) is 2. The highest BCUT2D eigenvalue weighted by molar-refractivity contribution is 7.99. The molecule has 0 radical (unpaired) electrons. The molecule has 0 atom stereocenters. The highest BCUT2D eigenvalue weighted by atomic mass is 32.2. The number of hydrogen-bond acceptors (Lipinski definition) is 6. The minimum Gasteiger partial charge on any atom is -0.495 e. The van der Waals surface area contributed by atoms with E-state index in [1.54, 1.807) is 7.11 Å². The molecule has 0 unspecified atom stereocenters. The smallest absolute Gasteiger partial charge is 0.230 e. The second-order valence-electron chi connectivity index (χ2n) is 9.36. The van der Waals surface area contributed by atoms with Gasteiger partial charge in [0.1, 0.15) is 5.75 Å². The zero-order valence-corrected chi connectivity index (χ0v) is 23.7. The Morgan fingerprint density at radius 2 is 1.74 bits per heavy atom. The molecule has 0 fully saturated rings. The Balaban J connectivity index is 1.32. The number of carbonyl (C=O) groups is 1. The molecule has 39 heavy (non-hydrogen) atoms. The minimum atomic E-state index is 0.0172. The molecule has 4 rings (SSSR count). The summed E-state index contributed by atoms with van der Waals surface area (Å²) >= 11 is 1.45. The van der Waals surface area contributed by atoms with Crippen LogP contribution in [0.2, 0.25) is 0 Å². The Kier molecular flexibility index (Phi) is 10.3. The SMILES string of the molecule is COc1ccccc1NCc1cnc(SCC(=O)NCCCCN(C)c2ccccc2)n1-c1ccc(C)cc1. The minimum absolute atomic E-state index is 0.0172. The Morgan fingerprint density at radius 3 is 2.51 bits per heavy atom. The number of nitrogens with zero attached hydrogens (tertiary/aromatic N) is 3. The first-order chi connectivity index (χ1) is 19.0. The summed E-state index contributed by atoms with van der Waals surface area (Å²) in [5.74, 6) is 1.12. The molecular weight excluding hydrogens is 506 g/mol. The number of methoxy groups -OCH3 is 1. The Labute approximate surface area is 235 Å². The van der Waals surface area contributed by atoms with E-state index in [1.807, 2.05) is 48.7 Å². The summed E-state index contributed by atoms with van der Waals surface area (Å²) in [7, 11) is 3.76. The lowest BCUT2D eigenvalue weighted by Crippen LogP contribution is -2.27. The van der Waals surface area contributed by atoms with Crippen molar-refractivity contribution in [3.05, 3.63) is 96.3 Å². The number of imidazole rings is 1. The van der Waals surface area contributed by atoms with Crippen molar-refractivity contribution in [2.45, 2.75) is 31.5 Å². The normalized spacial score (nSPS) is 10.7. The third-order valence-corrected chi connectivity index (χ3v) is 7.39. The van der Waals surface area contributed by atoms with Crippen molar-refractivity contribution in [3.8, 4) is 11.4 Å². The van der Waals surface area contributed by atoms with Crippen LogP contribution in [-0.2, 0) is 11.3 Å². The molecule has 1 amide bonds. The summed E-state index contributed by atoms with van der Waals surface area (Å²) in [6, 6.07) is 26.5. The van der Waals surface area contributed by atoms with Gasteiger partial charge in [0, 0.05) is 31.5 Å². The summed E-state index contributed by atoms with van der Waals surface area (Å²) in [5.41, 5.74) is 5.33. The van der Waals surface area contributed by atoms with Crippen molar-refractivity contribution in [2.24, 2.45) is 0 Å². The number of thioether (sulfide) groups is 1. The molecule has 0 aliphatic heterocycles. The van der Waals surface area contributed by atoms with Gasteiger partial charge in [-0.3, -0.25) is 9.36 Å². The van der Waals surface area contributed by atoms with E-state index in [0.717, 1.165) is 47.4 Å². The zero-order valence-electron chi connectivity index (χ0n) is 22.9. The van der Waals surface area contributed by atoms with Crippen LogP contribution in [0.3, 0.4) is 0 Å². The molecule has 7 nitrogen and oxygen atoms in total. The zero-order chi connectivity index (χ0) is 27.5. The van der Waals surface area contributed by atoms with E-state index < -0.39 is 0 Å². The van der Waals surface area contributed by atoms with E-state index in [0.29, 0.717) is 18.8 Å². The van der Waals surface area contributed by atoms with Crippen molar-refractivity contribution < 1.29 is 9.53 Å². The molecule has 0 bridgehead atoms. The van der Waals surface area contributed by atoms with E-state index in [1.165, 1.54) is 23.0 Å². The first-order valence-electron chi connectivity index (χ1n) is 13.2. The third kappa shape index (κ3) is 8.04. The van der Waals surface area contributed by atoms with Gasteiger partial charge in [-0.2, -0.15) is 0 Å². The topological polar surface area (TPSA) is 71.4 Å². The van der Waals surface area contributed by atoms with Gasteiger partial charge in [0.15, 0.2) is 5.16 Å². The lowest BCUT2D eigenvalue weighted by Gasteiger charge is -2.19. The number of aromatic nitrogens is 2. The lowest BCUT2D eigenvalue weighted by atomic mass is 10.2. The molecule has 0 saturated heterocycles. The first kappa shape index (κ1) is 28.1. The number of rotatable bonds is 14. The van der Waals surface area contributed by atoms with Crippen molar-refractivity contribution in [2.75, 3.05) is 43.2 Å². The van der Waals surface area contributed by atoms with E-state index in [9.17, 15) is 4.79 Å². The van der Waals surface area contributed by atoms with Crippen LogP contribution in [0.1, 0.15) is 24.1 Å². The summed E-state index contributed by atoms with van der Waals surface area (Å²) < 4.78 is 7.59. The molecule has 1 aromatic heterocycles. The predicted molar refractivity (Wildman–Crippen MR) is 161 cm³/mol. The van der Waals surface area contributed by atoms with Crippen LogP contribution in [0.15, 0.2) is 90.2 Å². The average Bonchev–Trinajstić information content (AvgIpc) is 3.38. The van der Waals surface area contributed by atoms with Crippen LogP contribution < -0.4 is 20.3 Å². The Morgan fingerprint density at radius 1 is 1.00 bits per heavy atom. The van der Waals surface area contributed by atoms with Crippen molar-refractivity contribution in [1.82, 2.24) is 14.9 Å². The maximum atomic E-state index is 12.6. The molecule has 0 spiro atoms. The number of anilines is 2. The lowest BCUT2D eigenvalue weighted by molar-refractivity contribution is -0.118. The van der Waals surface area contributed by atoms with Crippen molar-refractivity contribution in [1.29, 1.82) is 0 Å². The second-order valence-corrected chi connectivity index (χ2v) is 10.3. The van der Waals surface area contributed by atoms with Crippen LogP contribution in [0.25, 0.3) is 5.69 Å². The third-order valence-electron chi connectivity index (χ3n) is 6.43. The standard InChI is InChI=1S/C31H37N5O2S/c1-24-15-17-26(18-16-24)36-27(21-33-28-13-7-8-14-29(28)38-3)22-34-31(36)39-23-30(37)32-19-9-10-20-35(2)25-11-5-4-6-12-25/h4-8,11-18,22,33H,9-10,19-21,23H2,1-3H3,(H,32,37). The number of nitrogens with one attached hydrogen (secondary N) is 2. The fraction of sp³-hybridized carbons (Fsp3) is 0.290. The predicted octanol–water partition coefficient (Wildman–Crippen LogP) is 5.93. The number of benzene rings is 3. The van der Waals surface area contributed by atoms with E-state index >= 15 is 0 Å². The van der Waals surface area contributed by atoms with Crippen LogP contribution in [0.5, 0.6) is 5.75 Å². The number of carbonyl (C=O) groups excluding carboxylic acids is 1. The quantitative estimate of drug-likeness (QED) is 0.152. The van der Waals surface area contributed by atoms with E-state index in [4.69, 9.17) is 4.74 Å². The number of para-hydroxylation sites is 3. The first-order valence-corrected chi connectivity index (χ1v) is 14.2. The fourth-order valence-electron chi connectivity index (χ4n) is 4.24. The molecule has 4 aromatic rings. The number of ether oxygens (including phenoxy) is 1. The van der Waals surface area contributed by atoms with Gasteiger partial charge < -0.3 is 20.3 Å². The number of aryl methyl sites for hydroxylation is 1. The van der Waals surface area contributed by atoms with Gasteiger partial charge in [-0.25, -0.2) is 4.98 Å². The van der Waals surface area contributed by atoms with E-state index in [2.05, 4.69) is 75.5 Å². The molecule has 0 aliphatic rings. The average molecular weight is 544 g/mol. The Hall–Kier alpha value is -3.91. The highest BCUT2D eigenvalue weighted by Crippen LogP contribution is 2.27. The van der Waals surface area contributed by atoms with Crippen LogP contribution >= 0.6 is 11.8 Å². The molecule has 1 heterocycles. The van der Waals surface area contributed by atoms with Gasteiger partial charge in [0.05, 0.1) is 37.0 Å². The van der Waals surface area contributed by atoms with E-state index in [-0.39, 0.29) is 5.91 Å². The summed E-state index contributed by atoms with van der Waals surface area (Å²) in [6.45, 7) is 4.25. The molecular formula is C31H37N5O2S. The van der Waals surface area contributed by atoms with Crippen LogP contribution in [0, 0.1) is 6.92 Å². The van der Waals surface area contributed by atoms with Gasteiger partial charge >= 0.3 is 0 Å². The van der Waals surface area contributed by atoms with Crippen molar-refractivity contribution in [3.63, 3.8) is 0 Å². The summed E-state index contributed by atoms with van der Waals surface area (Å²) in [6.07, 6.45) is 3.81.